The number of rotatable bonds is 6. The van der Waals surface area contributed by atoms with Gasteiger partial charge in [0.05, 0.1) is 12.2 Å². The summed E-state index contributed by atoms with van der Waals surface area (Å²) in [4.78, 5) is 5.09. The molecule has 134 valence electrons. The lowest BCUT2D eigenvalue weighted by Crippen LogP contribution is -2.31. The Morgan fingerprint density at radius 1 is 1.16 bits per heavy atom. The molecular weight excluding hydrogens is 337 g/mol. The van der Waals surface area contributed by atoms with Gasteiger partial charge in [0.1, 0.15) is 11.5 Å². The van der Waals surface area contributed by atoms with Gasteiger partial charge < -0.3 is 20.9 Å². The second-order valence-corrected chi connectivity index (χ2v) is 5.18. The number of aliphatic hydroxyl groups is 1. The largest absolute Gasteiger partial charge is 0.433 e. The molecule has 0 aliphatic carbocycles. The van der Waals surface area contributed by atoms with Crippen LogP contribution in [-0.4, -0.2) is 34.3 Å². The Labute approximate surface area is 142 Å². The molecule has 1 aromatic heterocycles. The molecular formula is C16H17F3N4O2. The number of halogens is 3. The van der Waals surface area contributed by atoms with E-state index in [1.54, 1.807) is 24.3 Å². The van der Waals surface area contributed by atoms with Gasteiger partial charge in [-0.15, -0.1) is 0 Å². The van der Waals surface area contributed by atoms with E-state index in [1.807, 2.05) is 6.07 Å². The maximum atomic E-state index is 13.0. The summed E-state index contributed by atoms with van der Waals surface area (Å²) in [5.74, 6) is -0.491. The number of alkyl halides is 3. The number of benzene rings is 1. The van der Waals surface area contributed by atoms with Crippen molar-refractivity contribution < 1.29 is 23.5 Å². The second kappa shape index (κ2) is 7.84. The molecule has 0 saturated heterocycles. The molecule has 0 aliphatic heterocycles. The van der Waals surface area contributed by atoms with Crippen molar-refractivity contribution in [3.05, 3.63) is 59.3 Å². The number of pyridine rings is 1. The van der Waals surface area contributed by atoms with Crippen molar-refractivity contribution in [1.29, 1.82) is 0 Å². The van der Waals surface area contributed by atoms with Gasteiger partial charge in [-0.25, -0.2) is 4.98 Å². The first kappa shape index (κ1) is 18.5. The van der Waals surface area contributed by atoms with Gasteiger partial charge in [-0.1, -0.05) is 35.5 Å². The molecule has 0 saturated carbocycles. The van der Waals surface area contributed by atoms with Crippen LogP contribution in [-0.2, 0) is 12.7 Å². The lowest BCUT2D eigenvalue weighted by atomic mass is 10.1. The highest BCUT2D eigenvalue weighted by molar-refractivity contribution is 6.01. The molecule has 0 radical (unpaired) electrons. The maximum Gasteiger partial charge on any atom is 0.433 e. The zero-order valence-corrected chi connectivity index (χ0v) is 13.1. The molecule has 2 rings (SSSR count). The normalized spacial score (nSPS) is 12.2. The molecule has 4 N–H and O–H groups in total. The number of aromatic nitrogens is 1. The predicted molar refractivity (Wildman–Crippen MR) is 86.3 cm³/mol. The fourth-order valence-corrected chi connectivity index (χ4v) is 2.29. The Morgan fingerprint density at radius 3 is 2.40 bits per heavy atom. The quantitative estimate of drug-likeness (QED) is 0.320. The minimum Gasteiger partial charge on any atom is -0.409 e. The van der Waals surface area contributed by atoms with E-state index in [1.165, 1.54) is 4.90 Å². The molecule has 0 amide bonds. The highest BCUT2D eigenvalue weighted by atomic mass is 19.4. The highest BCUT2D eigenvalue weighted by Gasteiger charge is 2.34. The maximum absolute atomic E-state index is 13.0. The molecule has 2 aromatic rings. The number of oxime groups is 1. The van der Waals surface area contributed by atoms with Crippen molar-refractivity contribution in [2.75, 3.05) is 18.1 Å². The van der Waals surface area contributed by atoms with Gasteiger partial charge >= 0.3 is 6.18 Å². The van der Waals surface area contributed by atoms with Gasteiger partial charge in [-0.3, -0.25) is 0 Å². The monoisotopic (exact) mass is 354 g/mol. The van der Waals surface area contributed by atoms with E-state index < -0.39 is 11.9 Å². The average Bonchev–Trinajstić information content (AvgIpc) is 2.60. The Morgan fingerprint density at radius 2 is 1.84 bits per heavy atom. The van der Waals surface area contributed by atoms with Crippen molar-refractivity contribution in [3.8, 4) is 0 Å². The minimum absolute atomic E-state index is 0.0227. The zero-order valence-electron chi connectivity index (χ0n) is 13.1. The van der Waals surface area contributed by atoms with E-state index in [9.17, 15) is 18.3 Å². The van der Waals surface area contributed by atoms with Gasteiger partial charge in [0, 0.05) is 13.1 Å². The van der Waals surface area contributed by atoms with Crippen molar-refractivity contribution in [2.24, 2.45) is 10.9 Å². The third-order valence-corrected chi connectivity index (χ3v) is 3.43. The third-order valence-electron chi connectivity index (χ3n) is 3.43. The smallest absolute Gasteiger partial charge is 0.409 e. The van der Waals surface area contributed by atoms with Crippen molar-refractivity contribution >= 4 is 11.7 Å². The molecule has 9 heteroatoms. The van der Waals surface area contributed by atoms with E-state index in [2.05, 4.69) is 10.1 Å². The van der Waals surface area contributed by atoms with E-state index in [-0.39, 0.29) is 36.9 Å². The molecule has 1 heterocycles. The van der Waals surface area contributed by atoms with Crippen LogP contribution >= 0.6 is 0 Å². The van der Waals surface area contributed by atoms with Gasteiger partial charge in [0.15, 0.2) is 5.84 Å². The number of amidine groups is 1. The van der Waals surface area contributed by atoms with Crippen LogP contribution in [0.25, 0.3) is 0 Å². The van der Waals surface area contributed by atoms with E-state index in [4.69, 9.17) is 10.9 Å². The fraction of sp³-hybridized carbons (Fsp3) is 0.250. The van der Waals surface area contributed by atoms with Gasteiger partial charge in [0.25, 0.3) is 0 Å². The molecule has 25 heavy (non-hydrogen) atoms. The SMILES string of the molecule is N/C(=N/O)c1ccc(C(F)(F)F)nc1N(CCO)Cc1ccccc1. The van der Waals surface area contributed by atoms with Gasteiger partial charge in [0.2, 0.25) is 0 Å². The molecule has 6 nitrogen and oxygen atoms in total. The predicted octanol–water partition coefficient (Wildman–Crippen LogP) is 2.19. The van der Waals surface area contributed by atoms with Crippen molar-refractivity contribution in [1.82, 2.24) is 4.98 Å². The topological polar surface area (TPSA) is 95.0 Å². The Bertz CT molecular complexity index is 736. The molecule has 0 bridgehead atoms. The summed E-state index contributed by atoms with van der Waals surface area (Å²) in [7, 11) is 0. The van der Waals surface area contributed by atoms with Crippen LogP contribution in [0.1, 0.15) is 16.8 Å². The first-order valence-corrected chi connectivity index (χ1v) is 7.32. The van der Waals surface area contributed by atoms with Crippen molar-refractivity contribution in [3.63, 3.8) is 0 Å². The number of hydrogen-bond acceptors (Lipinski definition) is 5. The lowest BCUT2D eigenvalue weighted by Gasteiger charge is -2.26. The second-order valence-electron chi connectivity index (χ2n) is 5.18. The Hall–Kier alpha value is -2.81. The van der Waals surface area contributed by atoms with Gasteiger partial charge in [-0.05, 0) is 17.7 Å². The summed E-state index contributed by atoms with van der Waals surface area (Å²) in [5, 5.41) is 21.0. The number of hydrogen-bond donors (Lipinski definition) is 3. The average molecular weight is 354 g/mol. The minimum atomic E-state index is -4.64. The standard InChI is InChI=1S/C16H17F3N4O2/c17-16(18,19)13-7-6-12(14(20)22-25)15(21-13)23(8-9-24)10-11-4-2-1-3-5-11/h1-7,24-25H,8-10H2,(H2,20,22). The van der Waals surface area contributed by atoms with E-state index >= 15 is 0 Å². The van der Waals surface area contributed by atoms with Gasteiger partial charge in [-0.2, -0.15) is 13.2 Å². The van der Waals surface area contributed by atoms with Crippen molar-refractivity contribution in [2.45, 2.75) is 12.7 Å². The van der Waals surface area contributed by atoms with E-state index in [0.29, 0.717) is 0 Å². The van der Waals surface area contributed by atoms with Crippen LogP contribution < -0.4 is 10.6 Å². The summed E-state index contributed by atoms with van der Waals surface area (Å²) in [5.41, 5.74) is 5.32. The number of nitrogens with two attached hydrogens (primary N) is 1. The molecule has 1 aromatic carbocycles. The first-order valence-electron chi connectivity index (χ1n) is 7.32. The molecule has 0 spiro atoms. The summed E-state index contributed by atoms with van der Waals surface area (Å²) < 4.78 is 39.1. The third kappa shape index (κ3) is 4.60. The first-order chi connectivity index (χ1) is 11.9. The summed E-state index contributed by atoms with van der Waals surface area (Å²) in [6.07, 6.45) is -4.64. The van der Waals surface area contributed by atoms with Crippen LogP contribution in [0.4, 0.5) is 19.0 Å². The van der Waals surface area contributed by atoms with Crippen LogP contribution in [0.5, 0.6) is 0 Å². The summed E-state index contributed by atoms with van der Waals surface area (Å²) >= 11 is 0. The molecule has 0 aliphatic rings. The number of aliphatic hydroxyl groups excluding tert-OH is 1. The summed E-state index contributed by atoms with van der Waals surface area (Å²) in [6, 6.07) is 10.8. The van der Waals surface area contributed by atoms with Crippen LogP contribution in [0.15, 0.2) is 47.6 Å². The number of anilines is 1. The van der Waals surface area contributed by atoms with E-state index in [0.717, 1.165) is 17.7 Å². The summed E-state index contributed by atoms with van der Waals surface area (Å²) in [6.45, 7) is -0.0866. The molecule has 0 atom stereocenters. The van der Waals surface area contributed by atoms with Crippen LogP contribution in [0, 0.1) is 0 Å². The van der Waals surface area contributed by atoms with Crippen LogP contribution in [0.3, 0.4) is 0 Å². The fourth-order valence-electron chi connectivity index (χ4n) is 2.29. The lowest BCUT2D eigenvalue weighted by molar-refractivity contribution is -0.141. The number of nitrogens with zero attached hydrogens (tertiary/aromatic N) is 3. The Kier molecular flexibility index (Phi) is 5.81. The highest BCUT2D eigenvalue weighted by Crippen LogP contribution is 2.31. The zero-order chi connectivity index (χ0) is 18.4. The molecule has 0 unspecified atom stereocenters. The Balaban J connectivity index is 2.52. The van der Waals surface area contributed by atoms with Crippen LogP contribution in [0.2, 0.25) is 0 Å². The molecule has 0 fully saturated rings.